The average Bonchev–Trinajstić information content (AvgIpc) is 2.83. The Morgan fingerprint density at radius 2 is 2.00 bits per heavy atom. The maximum Gasteiger partial charge on any atom is 0.108 e. The van der Waals surface area contributed by atoms with Crippen LogP contribution in [0.1, 0.15) is 37.6 Å². The minimum absolute atomic E-state index is 0.880. The maximum absolute atomic E-state index is 4.66. The summed E-state index contributed by atoms with van der Waals surface area (Å²) in [4.78, 5) is 4.66. The summed E-state index contributed by atoms with van der Waals surface area (Å²) in [7, 11) is 0. The Balaban J connectivity index is 1.49. The Labute approximate surface area is 119 Å². The fourth-order valence-electron chi connectivity index (χ4n) is 2.91. The third-order valence-corrected chi connectivity index (χ3v) is 5.22. The number of fused-ring (bicyclic) bond motifs is 1. The van der Waals surface area contributed by atoms with Crippen LogP contribution in [0.5, 0.6) is 0 Å². The molecule has 1 aromatic heterocycles. The van der Waals surface area contributed by atoms with E-state index in [4.69, 9.17) is 0 Å². The third kappa shape index (κ3) is 3.34. The van der Waals surface area contributed by atoms with Gasteiger partial charge in [0.15, 0.2) is 0 Å². The van der Waals surface area contributed by atoms with E-state index in [1.807, 2.05) is 11.3 Å². The van der Waals surface area contributed by atoms with Crippen molar-refractivity contribution in [3.8, 4) is 0 Å². The van der Waals surface area contributed by atoms with Crippen molar-refractivity contribution < 1.29 is 0 Å². The van der Waals surface area contributed by atoms with Crippen molar-refractivity contribution in [2.75, 3.05) is 6.54 Å². The molecular weight excluding hydrogens is 252 g/mol. The van der Waals surface area contributed by atoms with Crippen molar-refractivity contribution in [2.45, 2.75) is 39.2 Å². The van der Waals surface area contributed by atoms with Gasteiger partial charge in [0.25, 0.3) is 0 Å². The monoisotopic (exact) mass is 274 g/mol. The van der Waals surface area contributed by atoms with E-state index in [1.165, 1.54) is 35.4 Å². The molecule has 0 radical (unpaired) electrons. The van der Waals surface area contributed by atoms with Crippen LogP contribution in [0.2, 0.25) is 0 Å². The minimum Gasteiger partial charge on any atom is -0.310 e. The molecule has 1 heterocycles. The van der Waals surface area contributed by atoms with E-state index in [0.717, 1.165) is 30.4 Å². The molecule has 0 spiro atoms. The van der Waals surface area contributed by atoms with Crippen LogP contribution in [0.25, 0.3) is 10.2 Å². The summed E-state index contributed by atoms with van der Waals surface area (Å²) >= 11 is 1.81. The third-order valence-electron chi connectivity index (χ3n) is 4.18. The lowest BCUT2D eigenvalue weighted by molar-refractivity contribution is 0.281. The molecular formula is C16H22N2S. The average molecular weight is 274 g/mol. The molecule has 1 aliphatic carbocycles. The summed E-state index contributed by atoms with van der Waals surface area (Å²) in [6, 6.07) is 8.39. The van der Waals surface area contributed by atoms with E-state index in [2.05, 4.69) is 41.5 Å². The lowest BCUT2D eigenvalue weighted by atomic mass is 9.83. The fraction of sp³-hybridized carbons (Fsp3) is 0.562. The molecule has 0 bridgehead atoms. The number of benzene rings is 1. The van der Waals surface area contributed by atoms with Gasteiger partial charge in [0.1, 0.15) is 5.01 Å². The van der Waals surface area contributed by atoms with Gasteiger partial charge in [-0.2, -0.15) is 0 Å². The van der Waals surface area contributed by atoms with Gasteiger partial charge in [0, 0.05) is 6.54 Å². The molecule has 1 fully saturated rings. The number of nitrogens with one attached hydrogen (secondary N) is 1. The minimum atomic E-state index is 0.880. The summed E-state index contributed by atoms with van der Waals surface area (Å²) in [6.07, 6.45) is 5.61. The van der Waals surface area contributed by atoms with E-state index in [9.17, 15) is 0 Å². The van der Waals surface area contributed by atoms with Gasteiger partial charge in [0.2, 0.25) is 0 Å². The van der Waals surface area contributed by atoms with Crippen molar-refractivity contribution in [3.05, 3.63) is 29.3 Å². The molecule has 1 N–H and O–H groups in total. The smallest absolute Gasteiger partial charge is 0.108 e. The number of hydrogen-bond acceptors (Lipinski definition) is 3. The summed E-state index contributed by atoms with van der Waals surface area (Å²) in [5, 5.41) is 4.81. The van der Waals surface area contributed by atoms with E-state index in [1.54, 1.807) is 0 Å². The second-order valence-electron chi connectivity index (χ2n) is 5.83. The van der Waals surface area contributed by atoms with Crippen LogP contribution in [0.4, 0.5) is 0 Å². The molecule has 3 heteroatoms. The number of aromatic nitrogens is 1. The Morgan fingerprint density at radius 1 is 1.21 bits per heavy atom. The van der Waals surface area contributed by atoms with E-state index in [0.29, 0.717) is 0 Å². The van der Waals surface area contributed by atoms with Crippen LogP contribution < -0.4 is 5.32 Å². The van der Waals surface area contributed by atoms with Crippen molar-refractivity contribution in [1.82, 2.24) is 10.3 Å². The summed E-state index contributed by atoms with van der Waals surface area (Å²) in [6.45, 7) is 4.46. The predicted molar refractivity (Wildman–Crippen MR) is 82.4 cm³/mol. The second-order valence-corrected chi connectivity index (χ2v) is 6.95. The van der Waals surface area contributed by atoms with Crippen LogP contribution in [-0.2, 0) is 6.54 Å². The van der Waals surface area contributed by atoms with E-state index >= 15 is 0 Å². The van der Waals surface area contributed by atoms with Gasteiger partial charge in [-0.1, -0.05) is 31.9 Å². The fourth-order valence-corrected chi connectivity index (χ4v) is 3.85. The molecule has 1 aromatic carbocycles. The molecule has 3 rings (SSSR count). The quantitative estimate of drug-likeness (QED) is 0.903. The second kappa shape index (κ2) is 6.02. The Morgan fingerprint density at radius 3 is 2.79 bits per heavy atom. The molecule has 2 nitrogen and oxygen atoms in total. The standard InChI is InChI=1S/C16H22N2S/c1-12-6-8-13(9-7-12)10-17-11-16-18-14-4-2-3-5-15(14)19-16/h2-5,12-13,17H,6-11H2,1H3. The van der Waals surface area contributed by atoms with Gasteiger partial charge in [-0.25, -0.2) is 4.98 Å². The van der Waals surface area contributed by atoms with Crippen LogP contribution in [0.3, 0.4) is 0 Å². The largest absolute Gasteiger partial charge is 0.310 e. The molecule has 1 saturated carbocycles. The summed E-state index contributed by atoms with van der Waals surface area (Å²) in [5.74, 6) is 1.83. The molecule has 102 valence electrons. The lowest BCUT2D eigenvalue weighted by Crippen LogP contribution is -2.25. The van der Waals surface area contributed by atoms with Gasteiger partial charge in [-0.15, -0.1) is 11.3 Å². The van der Waals surface area contributed by atoms with Gasteiger partial charge in [-0.05, 0) is 43.4 Å². The normalized spacial score (nSPS) is 23.8. The first-order chi connectivity index (χ1) is 9.31. The molecule has 0 saturated heterocycles. The summed E-state index contributed by atoms with van der Waals surface area (Å²) in [5.41, 5.74) is 1.13. The highest BCUT2D eigenvalue weighted by molar-refractivity contribution is 7.18. The van der Waals surface area contributed by atoms with E-state index < -0.39 is 0 Å². The number of thiazole rings is 1. The highest BCUT2D eigenvalue weighted by Crippen LogP contribution is 2.28. The van der Waals surface area contributed by atoms with Crippen LogP contribution in [0.15, 0.2) is 24.3 Å². The van der Waals surface area contributed by atoms with Gasteiger partial charge < -0.3 is 5.32 Å². The first kappa shape index (κ1) is 13.1. The van der Waals surface area contributed by atoms with Crippen molar-refractivity contribution >= 4 is 21.6 Å². The first-order valence-electron chi connectivity index (χ1n) is 7.36. The highest BCUT2D eigenvalue weighted by atomic mass is 32.1. The van der Waals surface area contributed by atoms with E-state index in [-0.39, 0.29) is 0 Å². The molecule has 19 heavy (non-hydrogen) atoms. The summed E-state index contributed by atoms with van der Waals surface area (Å²) < 4.78 is 1.30. The van der Waals surface area contributed by atoms with Crippen LogP contribution in [-0.4, -0.2) is 11.5 Å². The molecule has 1 aliphatic rings. The molecule has 0 unspecified atom stereocenters. The number of para-hydroxylation sites is 1. The van der Waals surface area contributed by atoms with Gasteiger partial charge >= 0.3 is 0 Å². The van der Waals surface area contributed by atoms with Gasteiger partial charge in [-0.3, -0.25) is 0 Å². The maximum atomic E-state index is 4.66. The lowest BCUT2D eigenvalue weighted by Gasteiger charge is -2.26. The van der Waals surface area contributed by atoms with Crippen LogP contribution in [0, 0.1) is 11.8 Å². The number of hydrogen-bond donors (Lipinski definition) is 1. The van der Waals surface area contributed by atoms with Crippen LogP contribution >= 0.6 is 11.3 Å². The zero-order valence-electron chi connectivity index (χ0n) is 11.6. The zero-order valence-corrected chi connectivity index (χ0v) is 12.4. The number of nitrogens with zero attached hydrogens (tertiary/aromatic N) is 1. The topological polar surface area (TPSA) is 24.9 Å². The van der Waals surface area contributed by atoms with Crippen molar-refractivity contribution in [3.63, 3.8) is 0 Å². The molecule has 0 amide bonds. The van der Waals surface area contributed by atoms with Crippen molar-refractivity contribution in [1.29, 1.82) is 0 Å². The molecule has 2 aromatic rings. The van der Waals surface area contributed by atoms with Gasteiger partial charge in [0.05, 0.1) is 10.2 Å². The SMILES string of the molecule is CC1CCC(CNCc2nc3ccccc3s2)CC1. The zero-order chi connectivity index (χ0) is 13.1. The predicted octanol–water partition coefficient (Wildman–Crippen LogP) is 4.21. The Kier molecular flexibility index (Phi) is 4.14. The Bertz CT molecular complexity index is 493. The number of rotatable bonds is 4. The molecule has 0 aliphatic heterocycles. The molecule has 0 atom stereocenters. The first-order valence-corrected chi connectivity index (χ1v) is 8.18. The highest BCUT2D eigenvalue weighted by Gasteiger charge is 2.17. The van der Waals surface area contributed by atoms with Crippen molar-refractivity contribution in [2.24, 2.45) is 11.8 Å². The Hall–Kier alpha value is -0.930.